The Balaban J connectivity index is 3.06. The molecule has 12 heteroatoms. The van der Waals surface area contributed by atoms with Crippen LogP contribution in [-0.4, -0.2) is 96.4 Å². The molecule has 0 bridgehead atoms. The van der Waals surface area contributed by atoms with Crippen molar-refractivity contribution in [3.8, 4) is 0 Å². The van der Waals surface area contributed by atoms with Crippen molar-refractivity contribution in [2.24, 2.45) is 0 Å². The van der Waals surface area contributed by atoms with Crippen LogP contribution in [0.4, 0.5) is 0 Å². The molecule has 1 aliphatic rings. The highest BCUT2D eigenvalue weighted by molar-refractivity contribution is 5.93. The Morgan fingerprint density at radius 3 is 2.29 bits per heavy atom. The van der Waals surface area contributed by atoms with Gasteiger partial charge in [0.05, 0.1) is 18.8 Å². The van der Waals surface area contributed by atoms with Gasteiger partial charge in [0, 0.05) is 6.42 Å². The molecule has 1 heterocycles. The average molecular weight is 353 g/mol. The number of amides is 1. The standard InChI is InChI=1S/C12H19NO11/c14-3-5(16)9(20)10-8(13-6(17)1-7(18)19)4(15)2-12(23,24-10)11(21)22/h4-5,8-10,14-16,20,23H,1-3H2,(H,13,17)(H,18,19)(H,21,22)/t4-,5-,8?,9-,10?,12+/m1/s1. The predicted octanol–water partition coefficient (Wildman–Crippen LogP) is -4.42. The van der Waals surface area contributed by atoms with Crippen LogP contribution >= 0.6 is 0 Å². The number of nitrogens with one attached hydrogen (secondary N) is 1. The minimum atomic E-state index is -2.91. The van der Waals surface area contributed by atoms with E-state index in [1.807, 2.05) is 5.32 Å². The minimum absolute atomic E-state index is 0.890. The summed E-state index contributed by atoms with van der Waals surface area (Å²) in [5, 5.41) is 67.6. The van der Waals surface area contributed by atoms with E-state index in [1.54, 1.807) is 0 Å². The van der Waals surface area contributed by atoms with Gasteiger partial charge in [-0.2, -0.15) is 0 Å². The zero-order chi connectivity index (χ0) is 18.7. The van der Waals surface area contributed by atoms with Gasteiger partial charge in [-0.15, -0.1) is 0 Å². The van der Waals surface area contributed by atoms with Crippen molar-refractivity contribution in [2.45, 2.75) is 49.1 Å². The number of ether oxygens (including phenoxy) is 1. The second-order valence-corrected chi connectivity index (χ2v) is 5.35. The van der Waals surface area contributed by atoms with Gasteiger partial charge in [-0.1, -0.05) is 0 Å². The lowest BCUT2D eigenvalue weighted by Crippen LogP contribution is -2.67. The first-order chi connectivity index (χ1) is 11.0. The third-order valence-electron chi connectivity index (χ3n) is 3.48. The summed E-state index contributed by atoms with van der Waals surface area (Å²) < 4.78 is 4.82. The fourth-order valence-corrected chi connectivity index (χ4v) is 2.28. The van der Waals surface area contributed by atoms with E-state index in [0.29, 0.717) is 0 Å². The summed E-state index contributed by atoms with van der Waals surface area (Å²) >= 11 is 0. The van der Waals surface area contributed by atoms with Crippen LogP contribution in [0.15, 0.2) is 0 Å². The number of aliphatic carboxylic acids is 2. The molecule has 0 aromatic heterocycles. The Bertz CT molecular complexity index is 497. The molecule has 0 aromatic rings. The van der Waals surface area contributed by atoms with Gasteiger partial charge in [0.25, 0.3) is 5.79 Å². The van der Waals surface area contributed by atoms with E-state index in [9.17, 15) is 34.8 Å². The van der Waals surface area contributed by atoms with Crippen LogP contribution in [-0.2, 0) is 19.1 Å². The monoisotopic (exact) mass is 353 g/mol. The Labute approximate surface area is 134 Å². The summed E-state index contributed by atoms with van der Waals surface area (Å²) in [6.07, 6.45) is -9.28. The second-order valence-electron chi connectivity index (χ2n) is 5.35. The third-order valence-corrected chi connectivity index (χ3v) is 3.48. The zero-order valence-corrected chi connectivity index (χ0v) is 12.3. The molecule has 138 valence electrons. The van der Waals surface area contributed by atoms with Crippen LogP contribution in [0.3, 0.4) is 0 Å². The van der Waals surface area contributed by atoms with Crippen LogP contribution in [0.25, 0.3) is 0 Å². The minimum Gasteiger partial charge on any atom is -0.481 e. The zero-order valence-electron chi connectivity index (χ0n) is 12.3. The van der Waals surface area contributed by atoms with E-state index in [1.165, 1.54) is 0 Å². The largest absolute Gasteiger partial charge is 0.481 e. The number of rotatable bonds is 7. The van der Waals surface area contributed by atoms with Crippen LogP contribution in [0.5, 0.6) is 0 Å². The summed E-state index contributed by atoms with van der Waals surface area (Å²) in [5.41, 5.74) is 0. The topological polar surface area (TPSA) is 214 Å². The Morgan fingerprint density at radius 1 is 1.25 bits per heavy atom. The summed E-state index contributed by atoms with van der Waals surface area (Å²) in [5.74, 6) is -7.35. The lowest BCUT2D eigenvalue weighted by Gasteiger charge is -2.44. The van der Waals surface area contributed by atoms with Gasteiger partial charge >= 0.3 is 11.9 Å². The number of carboxylic acids is 2. The van der Waals surface area contributed by atoms with Gasteiger partial charge in [0.15, 0.2) is 0 Å². The van der Waals surface area contributed by atoms with Gasteiger partial charge < -0.3 is 45.8 Å². The van der Waals surface area contributed by atoms with Gasteiger partial charge in [-0.05, 0) is 0 Å². The summed E-state index contributed by atoms with van der Waals surface area (Å²) in [4.78, 5) is 33.1. The number of aliphatic hydroxyl groups is 5. The normalized spacial score (nSPS) is 32.6. The highest BCUT2D eigenvalue weighted by atomic mass is 16.7. The first-order valence-corrected chi connectivity index (χ1v) is 6.81. The Hall–Kier alpha value is -1.83. The van der Waals surface area contributed by atoms with Crippen molar-refractivity contribution in [1.82, 2.24) is 5.32 Å². The molecule has 2 unspecified atom stereocenters. The van der Waals surface area contributed by atoms with E-state index in [4.69, 9.17) is 20.1 Å². The van der Waals surface area contributed by atoms with Crippen molar-refractivity contribution in [2.75, 3.05) is 6.61 Å². The number of carboxylic acid groups (broad SMARTS) is 2. The van der Waals surface area contributed by atoms with Gasteiger partial charge in [0.1, 0.15) is 24.7 Å². The molecule has 0 aromatic carbocycles. The highest BCUT2D eigenvalue weighted by Gasteiger charge is 2.54. The Morgan fingerprint density at radius 2 is 1.83 bits per heavy atom. The first kappa shape index (κ1) is 20.2. The lowest BCUT2D eigenvalue weighted by atomic mass is 9.88. The molecular formula is C12H19NO11. The van der Waals surface area contributed by atoms with E-state index < -0.39 is 73.5 Å². The number of carbonyl (C=O) groups excluding carboxylic acids is 1. The van der Waals surface area contributed by atoms with Crippen molar-refractivity contribution in [3.05, 3.63) is 0 Å². The van der Waals surface area contributed by atoms with Crippen molar-refractivity contribution >= 4 is 17.8 Å². The van der Waals surface area contributed by atoms with Crippen molar-refractivity contribution in [1.29, 1.82) is 0 Å². The molecule has 1 amide bonds. The second kappa shape index (κ2) is 7.83. The van der Waals surface area contributed by atoms with Crippen LogP contribution in [0, 0.1) is 0 Å². The smallest absolute Gasteiger partial charge is 0.364 e. The number of hydrogen-bond donors (Lipinski definition) is 8. The maximum absolute atomic E-state index is 11.5. The van der Waals surface area contributed by atoms with Crippen LogP contribution < -0.4 is 5.32 Å². The molecule has 1 rings (SSSR count). The fourth-order valence-electron chi connectivity index (χ4n) is 2.28. The number of hydrogen-bond acceptors (Lipinski definition) is 9. The quantitative estimate of drug-likeness (QED) is 0.204. The molecule has 12 nitrogen and oxygen atoms in total. The molecule has 0 radical (unpaired) electrons. The summed E-state index contributed by atoms with van der Waals surface area (Å²) in [6, 6.07) is -1.53. The first-order valence-electron chi connectivity index (χ1n) is 6.81. The molecule has 0 spiro atoms. The summed E-state index contributed by atoms with van der Waals surface area (Å²) in [7, 11) is 0. The van der Waals surface area contributed by atoms with Crippen molar-refractivity contribution < 1.29 is 54.9 Å². The molecule has 6 atom stereocenters. The molecule has 0 aliphatic carbocycles. The van der Waals surface area contributed by atoms with Gasteiger partial charge in [-0.3, -0.25) is 9.59 Å². The average Bonchev–Trinajstić information content (AvgIpc) is 2.47. The number of carbonyl (C=O) groups is 3. The molecule has 1 fully saturated rings. The highest BCUT2D eigenvalue weighted by Crippen LogP contribution is 2.30. The van der Waals surface area contributed by atoms with Crippen molar-refractivity contribution in [3.63, 3.8) is 0 Å². The molecule has 8 N–H and O–H groups in total. The summed E-state index contributed by atoms with van der Waals surface area (Å²) in [6.45, 7) is -0.960. The van der Waals surface area contributed by atoms with E-state index in [0.717, 1.165) is 0 Å². The number of aliphatic hydroxyl groups excluding tert-OH is 4. The van der Waals surface area contributed by atoms with E-state index in [-0.39, 0.29) is 0 Å². The van der Waals surface area contributed by atoms with E-state index in [2.05, 4.69) is 0 Å². The lowest BCUT2D eigenvalue weighted by molar-refractivity contribution is -0.295. The molecule has 0 saturated carbocycles. The molecule has 1 aliphatic heterocycles. The SMILES string of the molecule is O=C(O)CC(=O)NC1C([C@H](O)[C@H](O)CO)O[C@](O)(C(=O)O)C[C@H]1O. The predicted molar refractivity (Wildman–Crippen MR) is 71.4 cm³/mol. The van der Waals surface area contributed by atoms with Gasteiger partial charge in [0.2, 0.25) is 5.91 Å². The molecule has 24 heavy (non-hydrogen) atoms. The molecule has 1 saturated heterocycles. The maximum Gasteiger partial charge on any atom is 0.364 e. The maximum atomic E-state index is 11.5. The Kier molecular flexibility index (Phi) is 6.59. The van der Waals surface area contributed by atoms with E-state index >= 15 is 0 Å². The van der Waals surface area contributed by atoms with Crippen LogP contribution in [0.2, 0.25) is 0 Å². The third kappa shape index (κ3) is 4.59. The fraction of sp³-hybridized carbons (Fsp3) is 0.750. The van der Waals surface area contributed by atoms with Crippen LogP contribution in [0.1, 0.15) is 12.8 Å². The molecular weight excluding hydrogens is 334 g/mol. The van der Waals surface area contributed by atoms with Gasteiger partial charge in [-0.25, -0.2) is 4.79 Å².